The summed E-state index contributed by atoms with van der Waals surface area (Å²) in [5, 5.41) is 16.3. The summed E-state index contributed by atoms with van der Waals surface area (Å²) in [6.07, 6.45) is 4.61. The van der Waals surface area contributed by atoms with Crippen molar-refractivity contribution in [3.8, 4) is 16.9 Å². The Balaban J connectivity index is 1.76. The molecule has 0 aromatic carbocycles. The molecule has 1 fully saturated rings. The van der Waals surface area contributed by atoms with Crippen LogP contribution < -0.4 is 0 Å². The van der Waals surface area contributed by atoms with E-state index in [-0.39, 0.29) is 12.0 Å². The third-order valence-corrected chi connectivity index (χ3v) is 4.87. The summed E-state index contributed by atoms with van der Waals surface area (Å²) in [5.41, 5.74) is 0.603. The van der Waals surface area contributed by atoms with Crippen molar-refractivity contribution in [3.63, 3.8) is 0 Å². The molecule has 1 N–H and O–H groups in total. The lowest BCUT2D eigenvalue weighted by molar-refractivity contribution is 0.0112. The number of nitriles is 1. The summed E-state index contributed by atoms with van der Waals surface area (Å²) < 4.78 is 5.56. The highest BCUT2D eigenvalue weighted by molar-refractivity contribution is 7.16. The minimum Gasteiger partial charge on any atom is -0.457 e. The van der Waals surface area contributed by atoms with Crippen molar-refractivity contribution >= 4 is 17.3 Å². The second kappa shape index (κ2) is 6.23. The predicted molar refractivity (Wildman–Crippen MR) is 79.0 cm³/mol. The first kappa shape index (κ1) is 14.7. The molecule has 0 spiro atoms. The van der Waals surface area contributed by atoms with Crippen LogP contribution in [-0.4, -0.2) is 32.2 Å². The molecule has 1 aliphatic rings. The summed E-state index contributed by atoms with van der Waals surface area (Å²) in [7, 11) is 0. The Hall–Kier alpha value is -2.27. The number of thiazole rings is 1. The Bertz CT molecular complexity index is 703. The van der Waals surface area contributed by atoms with E-state index >= 15 is 0 Å². The predicted octanol–water partition coefficient (Wildman–Crippen LogP) is 2.48. The first-order valence-electron chi connectivity index (χ1n) is 7.13. The van der Waals surface area contributed by atoms with E-state index in [2.05, 4.69) is 26.2 Å². The number of nitrogens with one attached hydrogen (secondary N) is 1. The summed E-state index contributed by atoms with van der Waals surface area (Å²) in [5.74, 6) is -0.0905. The van der Waals surface area contributed by atoms with Crippen LogP contribution in [0, 0.1) is 24.2 Å². The number of hydrogen-bond donors (Lipinski definition) is 1. The first-order chi connectivity index (χ1) is 10.7. The van der Waals surface area contributed by atoms with E-state index < -0.39 is 5.97 Å². The van der Waals surface area contributed by atoms with E-state index in [0.29, 0.717) is 21.4 Å². The van der Waals surface area contributed by atoms with Gasteiger partial charge in [0, 0.05) is 0 Å². The van der Waals surface area contributed by atoms with E-state index in [9.17, 15) is 4.79 Å². The molecule has 2 atom stereocenters. The van der Waals surface area contributed by atoms with Gasteiger partial charge in [0.25, 0.3) is 0 Å². The van der Waals surface area contributed by atoms with Crippen LogP contribution in [0.2, 0.25) is 0 Å². The van der Waals surface area contributed by atoms with Gasteiger partial charge in [-0.15, -0.1) is 11.3 Å². The molecule has 0 aliphatic heterocycles. The lowest BCUT2D eigenvalue weighted by atomic mass is 9.87. The Morgan fingerprint density at radius 2 is 2.32 bits per heavy atom. The number of esters is 1. The number of H-pyrrole nitrogens is 1. The van der Waals surface area contributed by atoms with Crippen LogP contribution in [0.5, 0.6) is 0 Å². The minimum atomic E-state index is -0.409. The monoisotopic (exact) mass is 317 g/mol. The number of carbonyl (C=O) groups is 1. The van der Waals surface area contributed by atoms with Crippen molar-refractivity contribution in [2.24, 2.45) is 5.92 Å². The summed E-state index contributed by atoms with van der Waals surface area (Å²) in [6.45, 7) is 1.76. The van der Waals surface area contributed by atoms with Gasteiger partial charge in [0.1, 0.15) is 17.3 Å². The number of carbonyl (C=O) groups excluding carboxylic acids is 1. The summed E-state index contributed by atoms with van der Waals surface area (Å²) in [6, 6.07) is 2.24. The summed E-state index contributed by atoms with van der Waals surface area (Å²) in [4.78, 5) is 21.2. The molecule has 2 aromatic heterocycles. The maximum absolute atomic E-state index is 12.4. The van der Waals surface area contributed by atoms with Crippen molar-refractivity contribution in [2.75, 3.05) is 0 Å². The molecule has 0 unspecified atom stereocenters. The maximum Gasteiger partial charge on any atom is 0.350 e. The Morgan fingerprint density at radius 3 is 3.05 bits per heavy atom. The van der Waals surface area contributed by atoms with Crippen molar-refractivity contribution in [2.45, 2.75) is 38.7 Å². The Labute approximate surface area is 131 Å². The smallest absolute Gasteiger partial charge is 0.350 e. The normalized spacial score (nSPS) is 21.3. The Kier molecular flexibility index (Phi) is 4.15. The third kappa shape index (κ3) is 2.85. The average molecular weight is 317 g/mol. The quantitative estimate of drug-likeness (QED) is 0.872. The molecule has 0 radical (unpaired) electrons. The maximum atomic E-state index is 12.4. The summed E-state index contributed by atoms with van der Waals surface area (Å²) >= 11 is 1.22. The van der Waals surface area contributed by atoms with Crippen molar-refractivity contribution in [1.82, 2.24) is 20.2 Å². The number of aryl methyl sites for hydroxylation is 1. The molecular formula is C14H15N5O2S. The van der Waals surface area contributed by atoms with Crippen LogP contribution in [0.3, 0.4) is 0 Å². The molecule has 0 saturated heterocycles. The number of aromatic nitrogens is 4. The zero-order valence-electron chi connectivity index (χ0n) is 12.1. The molecule has 2 heterocycles. The number of hydrogen-bond acceptors (Lipinski definition) is 7. The Morgan fingerprint density at radius 1 is 1.50 bits per heavy atom. The van der Waals surface area contributed by atoms with Gasteiger partial charge in [0.2, 0.25) is 0 Å². The molecule has 3 rings (SSSR count). The topological polar surface area (TPSA) is 105 Å². The standard InChI is InChI=1S/C14H15N5O2S/c1-8-11(22-13(18-8)12-16-7-17-19-12)14(20)21-10-5-3-2-4-9(10)6-15/h7,9-10H,2-5H2,1H3,(H,16,17,19)/t9-,10+/m0/s1. The van der Waals surface area contributed by atoms with Crippen LogP contribution in [0.1, 0.15) is 41.0 Å². The zero-order chi connectivity index (χ0) is 15.5. The average Bonchev–Trinajstić information content (AvgIpc) is 3.17. The van der Waals surface area contributed by atoms with Gasteiger partial charge in [-0.05, 0) is 26.2 Å². The SMILES string of the molecule is Cc1nc(-c2ncn[nH]2)sc1C(=O)O[C@@H]1CCCC[C@H]1C#N. The number of nitrogens with zero attached hydrogens (tertiary/aromatic N) is 4. The zero-order valence-corrected chi connectivity index (χ0v) is 12.9. The molecule has 0 bridgehead atoms. The second-order valence-corrected chi connectivity index (χ2v) is 6.23. The second-order valence-electron chi connectivity index (χ2n) is 5.23. The fraction of sp³-hybridized carbons (Fsp3) is 0.500. The number of ether oxygens (including phenoxy) is 1. The lowest BCUT2D eigenvalue weighted by Gasteiger charge is -2.26. The molecule has 22 heavy (non-hydrogen) atoms. The van der Waals surface area contributed by atoms with Gasteiger partial charge in [0.15, 0.2) is 10.8 Å². The van der Waals surface area contributed by atoms with Gasteiger partial charge < -0.3 is 4.74 Å². The lowest BCUT2D eigenvalue weighted by Crippen LogP contribution is -2.29. The van der Waals surface area contributed by atoms with Crippen LogP contribution in [0.25, 0.3) is 10.8 Å². The van der Waals surface area contributed by atoms with Crippen LogP contribution in [-0.2, 0) is 4.74 Å². The highest BCUT2D eigenvalue weighted by Crippen LogP contribution is 2.30. The highest BCUT2D eigenvalue weighted by Gasteiger charge is 2.30. The fourth-order valence-electron chi connectivity index (χ4n) is 2.57. The van der Waals surface area contributed by atoms with E-state index in [0.717, 1.165) is 25.7 Å². The van der Waals surface area contributed by atoms with Gasteiger partial charge in [-0.1, -0.05) is 6.42 Å². The molecule has 1 saturated carbocycles. The molecule has 1 aliphatic carbocycles. The fourth-order valence-corrected chi connectivity index (χ4v) is 3.47. The highest BCUT2D eigenvalue weighted by atomic mass is 32.1. The van der Waals surface area contributed by atoms with E-state index in [4.69, 9.17) is 10.00 Å². The van der Waals surface area contributed by atoms with Gasteiger partial charge in [0.05, 0.1) is 17.7 Å². The van der Waals surface area contributed by atoms with E-state index in [1.165, 1.54) is 17.7 Å². The van der Waals surface area contributed by atoms with Crippen LogP contribution in [0.4, 0.5) is 0 Å². The third-order valence-electron chi connectivity index (χ3n) is 3.73. The largest absolute Gasteiger partial charge is 0.457 e. The minimum absolute atomic E-state index is 0.209. The number of rotatable bonds is 3. The van der Waals surface area contributed by atoms with Crippen molar-refractivity contribution < 1.29 is 9.53 Å². The molecule has 8 heteroatoms. The molecule has 7 nitrogen and oxygen atoms in total. The molecule has 2 aromatic rings. The molecule has 0 amide bonds. The number of aromatic amines is 1. The molecular weight excluding hydrogens is 302 g/mol. The molecule has 114 valence electrons. The van der Waals surface area contributed by atoms with Gasteiger partial charge in [-0.25, -0.2) is 14.8 Å². The van der Waals surface area contributed by atoms with Crippen molar-refractivity contribution in [1.29, 1.82) is 5.26 Å². The first-order valence-corrected chi connectivity index (χ1v) is 7.94. The van der Waals surface area contributed by atoms with Gasteiger partial charge in [-0.2, -0.15) is 10.4 Å². The van der Waals surface area contributed by atoms with Gasteiger partial charge >= 0.3 is 5.97 Å². The van der Waals surface area contributed by atoms with Crippen LogP contribution >= 0.6 is 11.3 Å². The van der Waals surface area contributed by atoms with E-state index in [1.807, 2.05) is 0 Å². The van der Waals surface area contributed by atoms with Crippen molar-refractivity contribution in [3.05, 3.63) is 16.9 Å². The van der Waals surface area contributed by atoms with E-state index in [1.54, 1.807) is 6.92 Å². The van der Waals surface area contributed by atoms with Gasteiger partial charge in [-0.3, -0.25) is 5.10 Å². The van der Waals surface area contributed by atoms with Crippen LogP contribution in [0.15, 0.2) is 6.33 Å².